The second kappa shape index (κ2) is 12.5. The number of benzene rings is 3. The van der Waals surface area contributed by atoms with E-state index in [0.29, 0.717) is 49.5 Å². The summed E-state index contributed by atoms with van der Waals surface area (Å²) < 4.78 is 39.4. The molecule has 2 heterocycles. The Morgan fingerprint density at radius 3 is 2.56 bits per heavy atom. The number of hydrogen-bond donors (Lipinski definition) is 1. The number of fused-ring (bicyclic) bond motifs is 1. The molecule has 3 aromatic rings. The molecule has 216 valence electrons. The highest BCUT2D eigenvalue weighted by atomic mass is 35.5. The van der Waals surface area contributed by atoms with Crippen molar-refractivity contribution in [1.29, 1.82) is 0 Å². The van der Waals surface area contributed by atoms with Crippen LogP contribution in [-0.4, -0.2) is 63.9 Å². The minimum atomic E-state index is -3.89. The number of amides is 2. The van der Waals surface area contributed by atoms with Crippen molar-refractivity contribution >= 4 is 39.1 Å². The molecule has 11 heteroatoms. The number of carbonyl (C=O) groups excluding carboxylic acids is 2. The molecule has 2 aliphatic heterocycles. The summed E-state index contributed by atoms with van der Waals surface area (Å²) in [6.45, 7) is 0.785. The third-order valence-electron chi connectivity index (χ3n) is 7.38. The highest BCUT2D eigenvalue weighted by molar-refractivity contribution is 7.89. The summed E-state index contributed by atoms with van der Waals surface area (Å²) in [4.78, 5) is 28.6. The number of nitrogens with zero attached hydrogens (tertiary/aromatic N) is 2. The number of halogens is 1. The summed E-state index contributed by atoms with van der Waals surface area (Å²) in [5.41, 5.74) is 1.67. The lowest BCUT2D eigenvalue weighted by Gasteiger charge is -2.38. The van der Waals surface area contributed by atoms with E-state index in [1.165, 1.54) is 29.6 Å². The maximum absolute atomic E-state index is 13.9. The van der Waals surface area contributed by atoms with Gasteiger partial charge in [-0.05, 0) is 55.2 Å². The Hall–Kier alpha value is -3.60. The highest BCUT2D eigenvalue weighted by Gasteiger charge is 2.39. The maximum atomic E-state index is 13.9. The van der Waals surface area contributed by atoms with Crippen molar-refractivity contribution < 1.29 is 27.5 Å². The van der Waals surface area contributed by atoms with E-state index in [2.05, 4.69) is 5.32 Å². The molecule has 3 aromatic carbocycles. The average Bonchev–Trinajstić information content (AvgIpc) is 3.00. The van der Waals surface area contributed by atoms with Gasteiger partial charge in [0.2, 0.25) is 15.9 Å². The smallest absolute Gasteiger partial charge is 0.262 e. The quantitative estimate of drug-likeness (QED) is 0.422. The van der Waals surface area contributed by atoms with Crippen molar-refractivity contribution in [3.63, 3.8) is 0 Å². The van der Waals surface area contributed by atoms with E-state index in [9.17, 15) is 18.0 Å². The molecule has 2 amide bonds. The van der Waals surface area contributed by atoms with Crippen molar-refractivity contribution in [3.8, 4) is 11.5 Å². The van der Waals surface area contributed by atoms with E-state index in [0.717, 1.165) is 5.56 Å². The topological polar surface area (TPSA) is 105 Å². The Balaban J connectivity index is 1.30. The molecule has 2 unspecified atom stereocenters. The van der Waals surface area contributed by atoms with E-state index in [-0.39, 0.29) is 34.8 Å². The van der Waals surface area contributed by atoms with Gasteiger partial charge in [-0.15, -0.1) is 0 Å². The number of carbonyl (C=O) groups is 2. The van der Waals surface area contributed by atoms with Gasteiger partial charge in [0.1, 0.15) is 11.5 Å². The maximum Gasteiger partial charge on any atom is 0.262 e. The molecule has 2 atom stereocenters. The Bertz CT molecular complexity index is 1520. The zero-order valence-electron chi connectivity index (χ0n) is 22.7. The minimum Gasteiger partial charge on any atom is -0.495 e. The fourth-order valence-electron chi connectivity index (χ4n) is 5.21. The summed E-state index contributed by atoms with van der Waals surface area (Å²) in [5, 5.41) is 3.11. The van der Waals surface area contributed by atoms with Gasteiger partial charge in [-0.2, -0.15) is 4.31 Å². The fraction of sp³-hybridized carbons (Fsp3) is 0.333. The first-order chi connectivity index (χ1) is 19.8. The predicted octanol–water partition coefficient (Wildman–Crippen LogP) is 3.90. The van der Waals surface area contributed by atoms with Gasteiger partial charge in [-0.3, -0.25) is 9.59 Å². The van der Waals surface area contributed by atoms with Crippen molar-refractivity contribution in [3.05, 3.63) is 83.4 Å². The fourth-order valence-corrected chi connectivity index (χ4v) is 7.08. The SMILES string of the molecule is COc1ccc(S(=O)(=O)N2CCCC(C(=O)N3CC(C(=O)NCCc4ccccc4)Oc4ccccc43)C2)cc1Cl. The zero-order chi connectivity index (χ0) is 29.0. The molecule has 9 nitrogen and oxygen atoms in total. The molecule has 0 saturated carbocycles. The first kappa shape index (κ1) is 28.9. The van der Waals surface area contributed by atoms with E-state index >= 15 is 0 Å². The molecule has 2 aliphatic rings. The number of para-hydroxylation sites is 2. The van der Waals surface area contributed by atoms with Gasteiger partial charge in [-0.25, -0.2) is 8.42 Å². The zero-order valence-corrected chi connectivity index (χ0v) is 24.2. The first-order valence-electron chi connectivity index (χ1n) is 13.5. The van der Waals surface area contributed by atoms with Crippen LogP contribution in [0, 0.1) is 5.92 Å². The average molecular weight is 598 g/mol. The van der Waals surface area contributed by atoms with Crippen LogP contribution in [0.1, 0.15) is 18.4 Å². The summed E-state index contributed by atoms with van der Waals surface area (Å²) >= 11 is 6.19. The third-order valence-corrected chi connectivity index (χ3v) is 9.54. The van der Waals surface area contributed by atoms with Gasteiger partial charge in [0.05, 0.1) is 35.2 Å². The van der Waals surface area contributed by atoms with Gasteiger partial charge < -0.3 is 19.7 Å². The number of piperidine rings is 1. The molecule has 0 radical (unpaired) electrons. The van der Waals surface area contributed by atoms with Crippen LogP contribution in [0.3, 0.4) is 0 Å². The largest absolute Gasteiger partial charge is 0.495 e. The molecule has 1 saturated heterocycles. The normalized spacial score (nSPS) is 19.1. The summed E-state index contributed by atoms with van der Waals surface area (Å²) in [6, 6.07) is 21.2. The molecule has 0 aliphatic carbocycles. The first-order valence-corrected chi connectivity index (χ1v) is 15.3. The van der Waals surface area contributed by atoms with Crippen LogP contribution in [-0.2, 0) is 26.0 Å². The number of anilines is 1. The lowest BCUT2D eigenvalue weighted by atomic mass is 9.97. The van der Waals surface area contributed by atoms with E-state index in [1.807, 2.05) is 30.3 Å². The number of ether oxygens (including phenoxy) is 2. The molecule has 0 spiro atoms. The van der Waals surface area contributed by atoms with Gasteiger partial charge in [0.15, 0.2) is 6.10 Å². The molecular formula is C30H32ClN3O6S. The van der Waals surface area contributed by atoms with Crippen molar-refractivity contribution in [2.24, 2.45) is 5.92 Å². The Morgan fingerprint density at radius 2 is 1.80 bits per heavy atom. The molecule has 0 aromatic heterocycles. The third kappa shape index (κ3) is 6.34. The van der Waals surface area contributed by atoms with Crippen molar-refractivity contribution in [2.45, 2.75) is 30.3 Å². The van der Waals surface area contributed by atoms with Gasteiger partial charge in [-0.1, -0.05) is 54.1 Å². The molecule has 1 fully saturated rings. The number of nitrogens with one attached hydrogen (secondary N) is 1. The van der Waals surface area contributed by atoms with Crippen LogP contribution >= 0.6 is 11.6 Å². The molecule has 0 bridgehead atoms. The lowest BCUT2D eigenvalue weighted by molar-refractivity contribution is -0.129. The van der Waals surface area contributed by atoms with E-state index < -0.39 is 22.0 Å². The van der Waals surface area contributed by atoms with Crippen LogP contribution < -0.4 is 19.7 Å². The molecular weight excluding hydrogens is 566 g/mol. The molecule has 1 N–H and O–H groups in total. The standard InChI is InChI=1S/C30H32ClN3O6S/c1-39-26-14-13-23(18-24(26)31)41(37,38)33-17-7-10-22(19-33)30(36)34-20-28(40-27-12-6-5-11-25(27)34)29(35)32-16-15-21-8-3-2-4-9-21/h2-6,8-9,11-14,18,22,28H,7,10,15-17,19-20H2,1H3,(H,32,35). The minimum absolute atomic E-state index is 0.0261. The van der Waals surface area contributed by atoms with Crippen LogP contribution in [0.25, 0.3) is 0 Å². The Morgan fingerprint density at radius 1 is 1.05 bits per heavy atom. The highest BCUT2D eigenvalue weighted by Crippen LogP contribution is 2.36. The predicted molar refractivity (Wildman–Crippen MR) is 156 cm³/mol. The lowest BCUT2D eigenvalue weighted by Crippen LogP contribution is -2.54. The summed E-state index contributed by atoms with van der Waals surface area (Å²) in [6.07, 6.45) is 0.829. The van der Waals surface area contributed by atoms with Crippen LogP contribution in [0.15, 0.2) is 77.7 Å². The van der Waals surface area contributed by atoms with Crippen LogP contribution in [0.4, 0.5) is 5.69 Å². The number of sulfonamides is 1. The summed E-state index contributed by atoms with van der Waals surface area (Å²) in [5.74, 6) is -0.321. The molecule has 41 heavy (non-hydrogen) atoms. The number of hydrogen-bond acceptors (Lipinski definition) is 6. The number of rotatable bonds is 8. The Kier molecular flexibility index (Phi) is 8.82. The van der Waals surface area contributed by atoms with Gasteiger partial charge in [0, 0.05) is 19.6 Å². The van der Waals surface area contributed by atoms with E-state index in [4.69, 9.17) is 21.1 Å². The Labute approximate surface area is 245 Å². The molecule has 5 rings (SSSR count). The number of methoxy groups -OCH3 is 1. The second-order valence-corrected chi connectivity index (χ2v) is 12.4. The van der Waals surface area contributed by atoms with Crippen LogP contribution in [0.5, 0.6) is 11.5 Å². The van der Waals surface area contributed by atoms with Crippen molar-refractivity contribution in [2.75, 3.05) is 38.2 Å². The summed E-state index contributed by atoms with van der Waals surface area (Å²) in [7, 11) is -2.43. The van der Waals surface area contributed by atoms with Gasteiger partial charge in [0.25, 0.3) is 5.91 Å². The van der Waals surface area contributed by atoms with Crippen LogP contribution in [0.2, 0.25) is 5.02 Å². The van der Waals surface area contributed by atoms with Gasteiger partial charge >= 0.3 is 0 Å². The van der Waals surface area contributed by atoms with E-state index in [1.54, 1.807) is 29.2 Å². The second-order valence-electron chi connectivity index (χ2n) is 10.0. The monoisotopic (exact) mass is 597 g/mol. The van der Waals surface area contributed by atoms with Crippen molar-refractivity contribution in [1.82, 2.24) is 9.62 Å².